The molecule has 44 heavy (non-hydrogen) atoms. The fourth-order valence-corrected chi connectivity index (χ4v) is 11.7. The zero-order valence-electron chi connectivity index (χ0n) is 27.2. The first kappa shape index (κ1) is 34.9. The summed E-state index contributed by atoms with van der Waals surface area (Å²) in [6, 6.07) is 27.3. The van der Waals surface area contributed by atoms with Crippen molar-refractivity contribution in [3.8, 4) is 0 Å². The molecule has 0 radical (unpaired) electrons. The highest BCUT2D eigenvalue weighted by atomic mass is 28.4. The van der Waals surface area contributed by atoms with E-state index < -0.39 is 32.3 Å². The van der Waals surface area contributed by atoms with Crippen molar-refractivity contribution in [2.24, 2.45) is 11.7 Å². The summed E-state index contributed by atoms with van der Waals surface area (Å²) in [6.07, 6.45) is 1.02. The number of hydrogen-bond donors (Lipinski definition) is 2. The Morgan fingerprint density at radius 2 is 1.07 bits per heavy atom. The molecule has 0 fully saturated rings. The van der Waals surface area contributed by atoms with Crippen LogP contribution in [0, 0.1) is 5.92 Å². The summed E-state index contributed by atoms with van der Waals surface area (Å²) >= 11 is 0. The van der Waals surface area contributed by atoms with Crippen molar-refractivity contribution in [3.05, 3.63) is 108 Å². The highest BCUT2D eigenvalue weighted by Gasteiger charge is 2.49. The molecule has 0 saturated heterocycles. The van der Waals surface area contributed by atoms with E-state index in [1.54, 1.807) is 0 Å². The molecular weight excluding hydrogens is 565 g/mol. The van der Waals surface area contributed by atoms with Crippen molar-refractivity contribution in [3.63, 3.8) is 0 Å². The van der Waals surface area contributed by atoms with E-state index in [9.17, 15) is 14.4 Å². The van der Waals surface area contributed by atoms with E-state index in [1.165, 1.54) is 0 Å². The Labute approximate surface area is 264 Å². The minimum absolute atomic E-state index is 0.0233. The van der Waals surface area contributed by atoms with E-state index in [0.717, 1.165) is 16.7 Å². The number of carbonyl (C=O) groups is 3. The predicted octanol–water partition coefficient (Wildman–Crippen LogP) is 6.82. The summed E-state index contributed by atoms with van der Waals surface area (Å²) in [7, 11) is -2.56. The standard InChI is InChI=1S/C37H50N2O4Si/c1-26(2)44(27(3)4,28(5)6)43-37(42)34(24-31-20-14-9-15-21-31)39-36(41)32(22-29-16-10-7-11-17-29)25-35(40)33(38)23-30-18-12-8-13-19-30/h7-21,26-28,32-34H,22-25,38H2,1-6H3,(H,39,41)/t32-,33+,34+/m1/s1. The van der Waals surface area contributed by atoms with Gasteiger partial charge in [0.15, 0.2) is 5.78 Å². The highest BCUT2D eigenvalue weighted by molar-refractivity contribution is 6.79. The summed E-state index contributed by atoms with van der Waals surface area (Å²) in [6.45, 7) is 12.8. The Morgan fingerprint density at radius 3 is 1.50 bits per heavy atom. The summed E-state index contributed by atoms with van der Waals surface area (Å²) in [5.74, 6) is -1.63. The third-order valence-electron chi connectivity index (χ3n) is 8.72. The number of carbonyl (C=O) groups excluding carboxylic acids is 3. The first-order valence-corrected chi connectivity index (χ1v) is 18.0. The van der Waals surface area contributed by atoms with Crippen LogP contribution < -0.4 is 11.1 Å². The first-order chi connectivity index (χ1) is 20.9. The van der Waals surface area contributed by atoms with Crippen LogP contribution in [-0.2, 0) is 38.1 Å². The molecule has 0 saturated carbocycles. The summed E-state index contributed by atoms with van der Waals surface area (Å²) in [4.78, 5) is 41.5. The van der Waals surface area contributed by atoms with Gasteiger partial charge in [-0.15, -0.1) is 0 Å². The van der Waals surface area contributed by atoms with Gasteiger partial charge >= 0.3 is 5.97 Å². The highest BCUT2D eigenvalue weighted by Crippen LogP contribution is 2.42. The van der Waals surface area contributed by atoms with Crippen LogP contribution in [0.3, 0.4) is 0 Å². The van der Waals surface area contributed by atoms with E-state index >= 15 is 0 Å². The van der Waals surface area contributed by atoms with Gasteiger partial charge in [-0.25, -0.2) is 0 Å². The van der Waals surface area contributed by atoms with Crippen molar-refractivity contribution in [2.75, 3.05) is 0 Å². The quantitative estimate of drug-likeness (QED) is 0.173. The molecule has 3 N–H and O–H groups in total. The van der Waals surface area contributed by atoms with Crippen LogP contribution >= 0.6 is 0 Å². The Morgan fingerprint density at radius 1 is 0.659 bits per heavy atom. The maximum Gasteiger partial charge on any atom is 0.315 e. The number of Topliss-reactive ketones (excluding diaryl/α,β-unsaturated/α-hetero) is 1. The van der Waals surface area contributed by atoms with Gasteiger partial charge in [0.2, 0.25) is 5.91 Å². The monoisotopic (exact) mass is 614 g/mol. The average molecular weight is 615 g/mol. The predicted molar refractivity (Wildman–Crippen MR) is 181 cm³/mol. The topological polar surface area (TPSA) is 98.5 Å². The van der Waals surface area contributed by atoms with Gasteiger partial charge in [-0.3, -0.25) is 14.4 Å². The minimum atomic E-state index is -2.56. The van der Waals surface area contributed by atoms with Crippen molar-refractivity contribution >= 4 is 26.0 Å². The molecular formula is C37H50N2O4Si. The van der Waals surface area contributed by atoms with Gasteiger partial charge in [0.25, 0.3) is 8.32 Å². The van der Waals surface area contributed by atoms with Gasteiger partial charge in [0.1, 0.15) is 6.04 Å². The van der Waals surface area contributed by atoms with Gasteiger partial charge in [0.05, 0.1) is 6.04 Å². The Bertz CT molecular complexity index is 1310. The Balaban J connectivity index is 1.89. The van der Waals surface area contributed by atoms with E-state index in [0.29, 0.717) is 19.3 Å². The van der Waals surface area contributed by atoms with Crippen LogP contribution in [0.5, 0.6) is 0 Å². The molecule has 236 valence electrons. The van der Waals surface area contributed by atoms with E-state index in [1.807, 2.05) is 91.0 Å². The molecule has 0 bridgehead atoms. The average Bonchev–Trinajstić information content (AvgIpc) is 3.00. The summed E-state index contributed by atoms with van der Waals surface area (Å²) < 4.78 is 6.54. The summed E-state index contributed by atoms with van der Waals surface area (Å²) in [5.41, 5.74) is 9.78. The van der Waals surface area contributed by atoms with E-state index in [4.69, 9.17) is 10.2 Å². The molecule has 3 aromatic rings. The molecule has 7 heteroatoms. The fraction of sp³-hybridized carbons (Fsp3) is 0.432. The minimum Gasteiger partial charge on any atom is -0.517 e. The second-order valence-corrected chi connectivity index (χ2v) is 18.2. The van der Waals surface area contributed by atoms with Crippen molar-refractivity contribution in [2.45, 2.75) is 95.9 Å². The Kier molecular flexibility index (Phi) is 13.1. The van der Waals surface area contributed by atoms with Gasteiger partial charge in [-0.2, -0.15) is 0 Å². The zero-order chi connectivity index (χ0) is 32.3. The van der Waals surface area contributed by atoms with Crippen LogP contribution in [0.1, 0.15) is 64.7 Å². The molecule has 0 aromatic heterocycles. The molecule has 0 spiro atoms. The third-order valence-corrected chi connectivity index (χ3v) is 14.7. The molecule has 0 unspecified atom stereocenters. The van der Waals surface area contributed by atoms with E-state index in [-0.39, 0.29) is 34.7 Å². The lowest BCUT2D eigenvalue weighted by Gasteiger charge is -2.42. The number of nitrogens with one attached hydrogen (secondary N) is 1. The molecule has 0 aliphatic carbocycles. The van der Waals surface area contributed by atoms with Gasteiger partial charge in [-0.1, -0.05) is 133 Å². The molecule has 0 aliphatic heterocycles. The number of ketones is 1. The molecule has 0 aliphatic rings. The number of nitrogens with two attached hydrogens (primary N) is 1. The fourth-order valence-electron chi connectivity index (χ4n) is 6.46. The van der Waals surface area contributed by atoms with Crippen LogP contribution in [0.4, 0.5) is 0 Å². The lowest BCUT2D eigenvalue weighted by Crippen LogP contribution is -2.54. The van der Waals surface area contributed by atoms with Gasteiger partial charge < -0.3 is 15.5 Å². The van der Waals surface area contributed by atoms with Crippen molar-refractivity contribution in [1.29, 1.82) is 0 Å². The number of benzene rings is 3. The smallest absolute Gasteiger partial charge is 0.315 e. The second-order valence-electron chi connectivity index (χ2n) is 12.8. The zero-order valence-corrected chi connectivity index (χ0v) is 28.2. The van der Waals surface area contributed by atoms with Gasteiger partial charge in [-0.05, 0) is 46.2 Å². The molecule has 0 heterocycles. The lowest BCUT2D eigenvalue weighted by molar-refractivity contribution is -0.141. The van der Waals surface area contributed by atoms with E-state index in [2.05, 4.69) is 46.9 Å². The van der Waals surface area contributed by atoms with Crippen LogP contribution in [0.15, 0.2) is 91.0 Å². The Hall–Kier alpha value is -3.55. The van der Waals surface area contributed by atoms with Crippen molar-refractivity contribution in [1.82, 2.24) is 5.32 Å². The molecule has 3 atom stereocenters. The third kappa shape index (κ3) is 9.47. The molecule has 6 nitrogen and oxygen atoms in total. The first-order valence-electron chi connectivity index (χ1n) is 15.9. The molecule has 3 aromatic carbocycles. The van der Waals surface area contributed by atoms with Crippen LogP contribution in [0.2, 0.25) is 16.6 Å². The maximum atomic E-state index is 14.0. The van der Waals surface area contributed by atoms with Gasteiger partial charge in [0, 0.05) is 18.8 Å². The lowest BCUT2D eigenvalue weighted by atomic mass is 9.89. The number of amides is 1. The molecule has 1 amide bonds. The molecule has 3 rings (SSSR count). The largest absolute Gasteiger partial charge is 0.517 e. The second kappa shape index (κ2) is 16.5. The van der Waals surface area contributed by atoms with Crippen LogP contribution in [-0.4, -0.2) is 38.1 Å². The van der Waals surface area contributed by atoms with Crippen molar-refractivity contribution < 1.29 is 18.8 Å². The maximum absolute atomic E-state index is 14.0. The number of hydrogen-bond acceptors (Lipinski definition) is 5. The number of rotatable bonds is 16. The summed E-state index contributed by atoms with van der Waals surface area (Å²) in [5, 5.41) is 3.03. The van der Waals surface area contributed by atoms with Crippen LogP contribution in [0.25, 0.3) is 0 Å². The normalized spacial score (nSPS) is 13.9. The SMILES string of the molecule is CC(C)[Si](OC(=O)[C@H](Cc1ccccc1)NC(=O)[C@@H](CC(=O)[C@@H](N)Cc1ccccc1)Cc1ccccc1)(C(C)C)C(C)C.